The second kappa shape index (κ2) is 5.51. The van der Waals surface area contributed by atoms with Crippen LogP contribution in [0.4, 0.5) is 0 Å². The molecule has 7 heteroatoms. The SMILES string of the molecule is CC1N=C(N)NC(N(C)CCc2ccc3c(c2)OCO3)=N1. The number of guanidine groups is 2. The van der Waals surface area contributed by atoms with Gasteiger partial charge in [0.05, 0.1) is 0 Å². The summed E-state index contributed by atoms with van der Waals surface area (Å²) in [6, 6.07) is 6.02. The minimum absolute atomic E-state index is 0.144. The van der Waals surface area contributed by atoms with Gasteiger partial charge >= 0.3 is 0 Å². The molecule has 2 aliphatic heterocycles. The number of hydrogen-bond donors (Lipinski definition) is 2. The van der Waals surface area contributed by atoms with E-state index in [0.29, 0.717) is 12.8 Å². The first-order valence-corrected chi connectivity index (χ1v) is 6.89. The van der Waals surface area contributed by atoms with Crippen LogP contribution in [0, 0.1) is 0 Å². The van der Waals surface area contributed by atoms with Gasteiger partial charge in [0, 0.05) is 13.6 Å². The maximum atomic E-state index is 5.72. The van der Waals surface area contributed by atoms with Gasteiger partial charge in [0.1, 0.15) is 6.17 Å². The van der Waals surface area contributed by atoms with Crippen LogP contribution in [0.5, 0.6) is 11.5 Å². The van der Waals surface area contributed by atoms with Gasteiger partial charge in [0.15, 0.2) is 17.5 Å². The van der Waals surface area contributed by atoms with Gasteiger partial charge in [0.2, 0.25) is 12.8 Å². The van der Waals surface area contributed by atoms with Gasteiger partial charge in [-0.05, 0) is 31.0 Å². The zero-order valence-corrected chi connectivity index (χ0v) is 12.2. The predicted octanol–water partition coefficient (Wildman–Crippen LogP) is 0.510. The molecule has 1 aromatic rings. The van der Waals surface area contributed by atoms with Gasteiger partial charge in [-0.2, -0.15) is 0 Å². The fourth-order valence-corrected chi connectivity index (χ4v) is 2.28. The van der Waals surface area contributed by atoms with E-state index in [-0.39, 0.29) is 6.17 Å². The molecule has 0 spiro atoms. The van der Waals surface area contributed by atoms with E-state index in [2.05, 4.69) is 21.4 Å². The van der Waals surface area contributed by atoms with Crippen LogP contribution >= 0.6 is 0 Å². The molecule has 3 N–H and O–H groups in total. The van der Waals surface area contributed by atoms with Crippen LogP contribution in [-0.4, -0.2) is 43.4 Å². The van der Waals surface area contributed by atoms with E-state index in [0.717, 1.165) is 30.4 Å². The van der Waals surface area contributed by atoms with Crippen LogP contribution in [0.2, 0.25) is 0 Å². The fraction of sp³-hybridized carbons (Fsp3) is 0.429. The summed E-state index contributed by atoms with van der Waals surface area (Å²) < 4.78 is 10.7. The Balaban J connectivity index is 1.60. The van der Waals surface area contributed by atoms with Gasteiger partial charge in [0.25, 0.3) is 0 Å². The van der Waals surface area contributed by atoms with Crippen LogP contribution in [0.25, 0.3) is 0 Å². The van der Waals surface area contributed by atoms with Crippen molar-refractivity contribution < 1.29 is 9.47 Å². The molecule has 0 fully saturated rings. The molecule has 7 nitrogen and oxygen atoms in total. The largest absolute Gasteiger partial charge is 0.454 e. The van der Waals surface area contributed by atoms with E-state index in [4.69, 9.17) is 15.2 Å². The van der Waals surface area contributed by atoms with Gasteiger partial charge in [-0.3, -0.25) is 5.32 Å². The van der Waals surface area contributed by atoms with Crippen molar-refractivity contribution in [1.29, 1.82) is 0 Å². The second-order valence-corrected chi connectivity index (χ2v) is 5.08. The van der Waals surface area contributed by atoms with E-state index in [1.807, 2.05) is 31.0 Å². The Labute approximate surface area is 123 Å². The zero-order valence-electron chi connectivity index (χ0n) is 12.2. The first kappa shape index (κ1) is 13.5. The molecule has 0 aromatic heterocycles. The van der Waals surface area contributed by atoms with Crippen molar-refractivity contribution in [3.63, 3.8) is 0 Å². The Kier molecular flexibility index (Phi) is 3.55. The predicted molar refractivity (Wildman–Crippen MR) is 80.6 cm³/mol. The third kappa shape index (κ3) is 3.01. The quantitative estimate of drug-likeness (QED) is 0.847. The molecule has 0 amide bonds. The third-order valence-electron chi connectivity index (χ3n) is 3.41. The molecule has 112 valence electrons. The summed E-state index contributed by atoms with van der Waals surface area (Å²) in [6.45, 7) is 3.01. The summed E-state index contributed by atoms with van der Waals surface area (Å²) >= 11 is 0. The standard InChI is InChI=1S/C14H19N5O2/c1-9-16-13(15)18-14(17-9)19(2)6-5-10-3-4-11-12(7-10)21-8-20-11/h3-4,7,9H,5-6,8H2,1-2H3,(H3,15,16,17,18). The van der Waals surface area contributed by atoms with Crippen molar-refractivity contribution in [3.8, 4) is 11.5 Å². The van der Waals surface area contributed by atoms with Crippen LogP contribution in [0.1, 0.15) is 12.5 Å². The summed E-state index contributed by atoms with van der Waals surface area (Å²) in [5.74, 6) is 2.77. The first-order chi connectivity index (χ1) is 10.1. The number of ether oxygens (including phenoxy) is 2. The van der Waals surface area contributed by atoms with Crippen molar-refractivity contribution in [3.05, 3.63) is 23.8 Å². The molecule has 1 unspecified atom stereocenters. The number of nitrogens with two attached hydrogens (primary N) is 1. The number of hydrogen-bond acceptors (Lipinski definition) is 7. The fourth-order valence-electron chi connectivity index (χ4n) is 2.28. The molecule has 0 saturated carbocycles. The molecule has 0 aliphatic carbocycles. The van der Waals surface area contributed by atoms with Gasteiger partial charge in [-0.1, -0.05) is 6.07 Å². The van der Waals surface area contributed by atoms with E-state index >= 15 is 0 Å². The van der Waals surface area contributed by atoms with Crippen molar-refractivity contribution in [2.75, 3.05) is 20.4 Å². The van der Waals surface area contributed by atoms with E-state index in [1.165, 1.54) is 5.56 Å². The van der Waals surface area contributed by atoms with Crippen LogP contribution < -0.4 is 20.5 Å². The molecule has 21 heavy (non-hydrogen) atoms. The summed E-state index contributed by atoms with van der Waals surface area (Å²) in [5.41, 5.74) is 6.91. The molecule has 2 heterocycles. The number of aliphatic imine (C=N–C) groups is 2. The lowest BCUT2D eigenvalue weighted by Crippen LogP contribution is -2.49. The average Bonchev–Trinajstić information content (AvgIpc) is 2.91. The van der Waals surface area contributed by atoms with Crippen molar-refractivity contribution in [2.24, 2.45) is 15.7 Å². The highest BCUT2D eigenvalue weighted by molar-refractivity contribution is 5.99. The first-order valence-electron chi connectivity index (χ1n) is 6.89. The van der Waals surface area contributed by atoms with Crippen molar-refractivity contribution >= 4 is 11.9 Å². The molecule has 0 saturated heterocycles. The van der Waals surface area contributed by atoms with E-state index in [1.54, 1.807) is 0 Å². The average molecular weight is 289 g/mol. The minimum Gasteiger partial charge on any atom is -0.454 e. The van der Waals surface area contributed by atoms with Gasteiger partial charge < -0.3 is 20.1 Å². The topological polar surface area (TPSA) is 84.5 Å². The van der Waals surface area contributed by atoms with Crippen molar-refractivity contribution in [1.82, 2.24) is 10.2 Å². The zero-order chi connectivity index (χ0) is 14.8. The number of nitrogens with one attached hydrogen (secondary N) is 1. The minimum atomic E-state index is -0.144. The Hall–Kier alpha value is -2.44. The van der Waals surface area contributed by atoms with Crippen LogP contribution in [0.15, 0.2) is 28.2 Å². The molecule has 2 aliphatic rings. The Morgan fingerprint density at radius 2 is 2.14 bits per heavy atom. The maximum Gasteiger partial charge on any atom is 0.231 e. The number of likely N-dealkylation sites (N-methyl/N-ethyl adjacent to an activating group) is 1. The molecule has 1 aromatic carbocycles. The highest BCUT2D eigenvalue weighted by Crippen LogP contribution is 2.32. The highest BCUT2D eigenvalue weighted by atomic mass is 16.7. The highest BCUT2D eigenvalue weighted by Gasteiger charge is 2.16. The summed E-state index contributed by atoms with van der Waals surface area (Å²) in [5, 5.41) is 2.98. The summed E-state index contributed by atoms with van der Waals surface area (Å²) in [4.78, 5) is 10.6. The number of rotatable bonds is 3. The lowest BCUT2D eigenvalue weighted by atomic mass is 10.1. The molecular weight excluding hydrogens is 270 g/mol. The number of fused-ring (bicyclic) bond motifs is 1. The van der Waals surface area contributed by atoms with Crippen molar-refractivity contribution in [2.45, 2.75) is 19.5 Å². The summed E-state index contributed by atoms with van der Waals surface area (Å²) in [6.07, 6.45) is 0.730. The molecular formula is C14H19N5O2. The molecule has 1 atom stereocenters. The number of benzene rings is 1. The third-order valence-corrected chi connectivity index (χ3v) is 3.41. The van der Waals surface area contributed by atoms with Crippen LogP contribution in [0.3, 0.4) is 0 Å². The van der Waals surface area contributed by atoms with E-state index in [9.17, 15) is 0 Å². The molecule has 3 rings (SSSR count). The molecule has 0 bridgehead atoms. The van der Waals surface area contributed by atoms with Gasteiger partial charge in [-0.25, -0.2) is 9.98 Å². The Morgan fingerprint density at radius 1 is 1.33 bits per heavy atom. The second-order valence-electron chi connectivity index (χ2n) is 5.08. The Morgan fingerprint density at radius 3 is 2.95 bits per heavy atom. The van der Waals surface area contributed by atoms with Crippen LogP contribution in [-0.2, 0) is 6.42 Å². The maximum absolute atomic E-state index is 5.72. The monoisotopic (exact) mass is 289 g/mol. The molecule has 0 radical (unpaired) electrons. The summed E-state index contributed by atoms with van der Waals surface area (Å²) in [7, 11) is 1.98. The number of nitrogens with zero attached hydrogens (tertiary/aromatic N) is 3. The van der Waals surface area contributed by atoms with E-state index < -0.39 is 0 Å². The Bertz CT molecular complexity index is 599. The lowest BCUT2D eigenvalue weighted by Gasteiger charge is -2.25. The smallest absolute Gasteiger partial charge is 0.231 e. The normalized spacial score (nSPS) is 19.6. The van der Waals surface area contributed by atoms with Gasteiger partial charge in [-0.15, -0.1) is 0 Å². The lowest BCUT2D eigenvalue weighted by molar-refractivity contribution is 0.174.